The number of nitrogens with one attached hydrogen (secondary N) is 1. The molecule has 0 fully saturated rings. The molecule has 0 saturated carbocycles. The number of para-hydroxylation sites is 1. The number of benzene rings is 2. The monoisotopic (exact) mass is 386 g/mol. The lowest BCUT2D eigenvalue weighted by atomic mass is 10.2. The fraction of sp³-hybridized carbons (Fsp3) is 0.0556. The van der Waals surface area contributed by atoms with Crippen molar-refractivity contribution >= 4 is 45.9 Å². The lowest BCUT2D eigenvalue weighted by Gasteiger charge is -2.03. The normalized spacial score (nSPS) is 11.2. The number of nitrogens with zero attached hydrogens (tertiary/aromatic N) is 3. The highest BCUT2D eigenvalue weighted by Crippen LogP contribution is 2.29. The van der Waals surface area contributed by atoms with Gasteiger partial charge in [0.1, 0.15) is 6.07 Å². The van der Waals surface area contributed by atoms with Crippen molar-refractivity contribution < 1.29 is 0 Å². The van der Waals surface area contributed by atoms with Gasteiger partial charge in [-0.1, -0.05) is 47.5 Å². The molecule has 0 unspecified atom stereocenters. The van der Waals surface area contributed by atoms with Crippen LogP contribution in [-0.4, -0.2) is 10.7 Å². The first kappa shape index (κ1) is 17.4. The lowest BCUT2D eigenvalue weighted by molar-refractivity contribution is 1.28. The van der Waals surface area contributed by atoms with Crippen LogP contribution < -0.4 is 5.43 Å². The van der Waals surface area contributed by atoms with Crippen molar-refractivity contribution in [2.75, 3.05) is 5.43 Å². The summed E-state index contributed by atoms with van der Waals surface area (Å²) in [5.41, 5.74) is 6.58. The Morgan fingerprint density at radius 3 is 2.72 bits per heavy atom. The van der Waals surface area contributed by atoms with Crippen molar-refractivity contribution in [3.05, 3.63) is 68.5 Å². The molecular weight excluding hydrogens is 375 g/mol. The van der Waals surface area contributed by atoms with E-state index in [4.69, 9.17) is 23.2 Å². The molecule has 1 heterocycles. The highest BCUT2D eigenvalue weighted by atomic mass is 35.5. The van der Waals surface area contributed by atoms with Crippen LogP contribution in [0.5, 0.6) is 0 Å². The third kappa shape index (κ3) is 3.99. The number of hydrogen-bond donors (Lipinski definition) is 1. The molecule has 1 N–H and O–H groups in total. The molecule has 0 aliphatic carbocycles. The number of hydrogen-bond acceptors (Lipinski definition) is 5. The molecule has 3 aromatic rings. The third-order valence-electron chi connectivity index (χ3n) is 3.46. The maximum Gasteiger partial charge on any atom is 0.196 e. The van der Waals surface area contributed by atoms with Crippen LogP contribution in [-0.2, 0) is 0 Å². The van der Waals surface area contributed by atoms with Gasteiger partial charge in [0.05, 0.1) is 21.4 Å². The largest absolute Gasteiger partial charge is 0.277 e. The summed E-state index contributed by atoms with van der Waals surface area (Å²) in [6.07, 6.45) is 0. The van der Waals surface area contributed by atoms with E-state index in [9.17, 15) is 5.26 Å². The van der Waals surface area contributed by atoms with Crippen LogP contribution in [0.15, 0.2) is 52.9 Å². The molecule has 0 aliphatic rings. The molecule has 0 spiro atoms. The Kier molecular flexibility index (Phi) is 5.34. The van der Waals surface area contributed by atoms with Gasteiger partial charge >= 0.3 is 0 Å². The zero-order valence-electron chi connectivity index (χ0n) is 13.1. The van der Waals surface area contributed by atoms with E-state index in [-0.39, 0.29) is 5.71 Å². The van der Waals surface area contributed by atoms with E-state index in [1.54, 1.807) is 12.1 Å². The smallest absolute Gasteiger partial charge is 0.196 e. The van der Waals surface area contributed by atoms with Crippen LogP contribution in [0.2, 0.25) is 10.0 Å². The number of aromatic nitrogens is 1. The first-order valence-corrected chi connectivity index (χ1v) is 8.93. The number of anilines is 1. The average Bonchev–Trinajstić information content (AvgIpc) is 3.09. The minimum Gasteiger partial charge on any atom is -0.277 e. The Morgan fingerprint density at radius 2 is 2.00 bits per heavy atom. The molecular formula is C18H12Cl2N4S. The van der Waals surface area contributed by atoms with Crippen LogP contribution in [0.1, 0.15) is 10.6 Å². The fourth-order valence-corrected chi connectivity index (χ4v) is 3.17. The van der Waals surface area contributed by atoms with Gasteiger partial charge in [0, 0.05) is 10.9 Å². The van der Waals surface area contributed by atoms with Gasteiger partial charge in [-0.15, -0.1) is 11.3 Å². The number of aryl methyl sites for hydroxylation is 1. The molecule has 0 atom stereocenters. The first-order valence-electron chi connectivity index (χ1n) is 7.29. The maximum atomic E-state index is 9.39. The van der Waals surface area contributed by atoms with Gasteiger partial charge in [-0.3, -0.25) is 5.43 Å². The number of hydrazone groups is 1. The summed E-state index contributed by atoms with van der Waals surface area (Å²) in [5.74, 6) is 0. The molecule has 25 heavy (non-hydrogen) atoms. The predicted octanol–water partition coefficient (Wildman–Crippen LogP) is 5.77. The Hall–Kier alpha value is -2.39. The van der Waals surface area contributed by atoms with Crippen LogP contribution in [0.3, 0.4) is 0 Å². The summed E-state index contributed by atoms with van der Waals surface area (Å²) in [5, 5.41) is 16.9. The van der Waals surface area contributed by atoms with E-state index >= 15 is 0 Å². The number of thiazole rings is 1. The zero-order chi connectivity index (χ0) is 17.8. The quantitative estimate of drug-likeness (QED) is 0.457. The second-order valence-electron chi connectivity index (χ2n) is 5.17. The molecule has 0 radical (unpaired) electrons. The molecule has 0 aliphatic heterocycles. The van der Waals surface area contributed by atoms with E-state index in [2.05, 4.69) is 21.6 Å². The van der Waals surface area contributed by atoms with Crippen molar-refractivity contribution in [1.29, 1.82) is 5.26 Å². The molecule has 124 valence electrons. The van der Waals surface area contributed by atoms with Crippen molar-refractivity contribution in [3.8, 4) is 17.3 Å². The van der Waals surface area contributed by atoms with Gasteiger partial charge in [0.15, 0.2) is 10.7 Å². The molecule has 4 nitrogen and oxygen atoms in total. The summed E-state index contributed by atoms with van der Waals surface area (Å²) >= 11 is 13.3. The van der Waals surface area contributed by atoms with Crippen molar-refractivity contribution in [2.45, 2.75) is 6.92 Å². The summed E-state index contributed by atoms with van der Waals surface area (Å²) in [7, 11) is 0. The highest BCUT2D eigenvalue weighted by Gasteiger charge is 2.11. The van der Waals surface area contributed by atoms with Crippen molar-refractivity contribution in [2.24, 2.45) is 5.10 Å². The molecule has 0 saturated heterocycles. The molecule has 0 amide bonds. The molecule has 0 bridgehead atoms. The summed E-state index contributed by atoms with van der Waals surface area (Å²) in [4.78, 5) is 4.48. The Morgan fingerprint density at radius 1 is 1.20 bits per heavy atom. The first-order chi connectivity index (χ1) is 12.1. The second kappa shape index (κ2) is 7.66. The predicted molar refractivity (Wildman–Crippen MR) is 105 cm³/mol. The van der Waals surface area contributed by atoms with E-state index in [0.717, 1.165) is 22.5 Å². The summed E-state index contributed by atoms with van der Waals surface area (Å²) in [6, 6.07) is 15.1. The molecule has 1 aromatic heterocycles. The second-order valence-corrected chi connectivity index (χ2v) is 6.84. The van der Waals surface area contributed by atoms with E-state index in [0.29, 0.717) is 15.1 Å². The van der Waals surface area contributed by atoms with Crippen LogP contribution in [0.4, 0.5) is 5.69 Å². The third-order valence-corrected chi connectivity index (χ3v) is 5.05. The van der Waals surface area contributed by atoms with Crippen molar-refractivity contribution in [1.82, 2.24) is 4.98 Å². The van der Waals surface area contributed by atoms with Gasteiger partial charge in [-0.25, -0.2) is 4.98 Å². The van der Waals surface area contributed by atoms with Crippen LogP contribution in [0, 0.1) is 18.3 Å². The van der Waals surface area contributed by atoms with Gasteiger partial charge in [-0.2, -0.15) is 10.4 Å². The maximum absolute atomic E-state index is 9.39. The van der Waals surface area contributed by atoms with Gasteiger partial charge < -0.3 is 0 Å². The number of halogens is 2. The average molecular weight is 387 g/mol. The van der Waals surface area contributed by atoms with Crippen LogP contribution >= 0.6 is 34.5 Å². The van der Waals surface area contributed by atoms with E-state index in [1.165, 1.54) is 11.3 Å². The topological polar surface area (TPSA) is 61.1 Å². The van der Waals surface area contributed by atoms with Gasteiger partial charge in [0.25, 0.3) is 0 Å². The Labute approximate surface area is 159 Å². The summed E-state index contributed by atoms with van der Waals surface area (Å²) < 4.78 is 0. The standard InChI is InChI=1S/C18H12Cl2N4S/c1-11-4-2-3-5-15(11)23-24-16(9-21)18-22-17(10-25-18)12-6-7-13(19)14(20)8-12/h2-8,10,23H,1H3/b24-16-. The zero-order valence-corrected chi connectivity index (χ0v) is 15.5. The van der Waals surface area contributed by atoms with E-state index in [1.807, 2.05) is 42.6 Å². The SMILES string of the molecule is Cc1ccccc1N/N=C(/C#N)c1nc(-c2ccc(Cl)c(Cl)c2)cs1. The Bertz CT molecular complexity index is 989. The summed E-state index contributed by atoms with van der Waals surface area (Å²) in [6.45, 7) is 1.97. The molecule has 7 heteroatoms. The van der Waals surface area contributed by atoms with Crippen LogP contribution in [0.25, 0.3) is 11.3 Å². The van der Waals surface area contributed by atoms with Gasteiger partial charge in [0.2, 0.25) is 0 Å². The van der Waals surface area contributed by atoms with Crippen molar-refractivity contribution in [3.63, 3.8) is 0 Å². The highest BCUT2D eigenvalue weighted by molar-refractivity contribution is 7.12. The minimum absolute atomic E-state index is 0.222. The number of nitriles is 1. The fourth-order valence-electron chi connectivity index (χ4n) is 2.11. The Balaban J connectivity index is 1.86. The number of rotatable bonds is 4. The lowest BCUT2D eigenvalue weighted by Crippen LogP contribution is -2.02. The minimum atomic E-state index is 0.222. The molecule has 2 aromatic carbocycles. The molecule has 3 rings (SSSR count). The van der Waals surface area contributed by atoms with E-state index < -0.39 is 0 Å². The van der Waals surface area contributed by atoms with Gasteiger partial charge in [-0.05, 0) is 30.7 Å².